The lowest BCUT2D eigenvalue weighted by molar-refractivity contribution is -0.148. The Balaban J connectivity index is 2.29. The monoisotopic (exact) mass is 241 g/mol. The van der Waals surface area contributed by atoms with Crippen molar-refractivity contribution in [2.75, 3.05) is 13.7 Å². The highest BCUT2D eigenvalue weighted by molar-refractivity contribution is 5.80. The Hall–Kier alpha value is -1.36. The maximum absolute atomic E-state index is 11.6. The minimum Gasteiger partial charge on any atom is -0.479 e. The number of carbonyl (C=O) groups excluding carboxylic acids is 1. The topological polar surface area (TPSA) is 75.6 Å². The van der Waals surface area contributed by atoms with Gasteiger partial charge in [-0.15, -0.1) is 0 Å². The molecule has 5 nitrogen and oxygen atoms in total. The summed E-state index contributed by atoms with van der Waals surface area (Å²) in [7, 11) is 1.31. The fourth-order valence-electron chi connectivity index (χ4n) is 1.81. The molecule has 1 rings (SSSR count). The van der Waals surface area contributed by atoms with E-state index in [1.54, 1.807) is 0 Å². The fourth-order valence-corrected chi connectivity index (χ4v) is 1.81. The zero-order valence-electron chi connectivity index (χ0n) is 10.1. The Kier molecular flexibility index (Phi) is 5.69. The van der Waals surface area contributed by atoms with E-state index in [4.69, 9.17) is 9.84 Å². The minimum atomic E-state index is -1.07. The lowest BCUT2D eigenvalue weighted by atomic mass is 9.97. The largest absolute Gasteiger partial charge is 0.479 e. The summed E-state index contributed by atoms with van der Waals surface area (Å²) in [6.45, 7) is 0.0119. The first-order chi connectivity index (χ1) is 8.13. The molecule has 0 fully saturated rings. The van der Waals surface area contributed by atoms with Gasteiger partial charge in [0.15, 0.2) is 6.10 Å². The minimum absolute atomic E-state index is 0.0119. The second-order valence-electron chi connectivity index (χ2n) is 4.15. The van der Waals surface area contributed by atoms with Crippen LogP contribution in [0.2, 0.25) is 0 Å². The number of ether oxygens (including phenoxy) is 1. The molecular formula is C12H19NO4. The molecule has 0 radical (unpaired) electrons. The number of carbonyl (C=O) groups is 2. The van der Waals surface area contributed by atoms with Crippen LogP contribution in [0.3, 0.4) is 0 Å². The van der Waals surface area contributed by atoms with Gasteiger partial charge in [0.1, 0.15) is 0 Å². The number of hydrogen-bond acceptors (Lipinski definition) is 3. The molecule has 0 spiro atoms. The first-order valence-corrected chi connectivity index (χ1v) is 5.83. The summed E-state index contributed by atoms with van der Waals surface area (Å²) in [6.07, 6.45) is 5.84. The molecule has 0 saturated carbocycles. The first kappa shape index (κ1) is 13.7. The normalized spacial score (nSPS) is 17.1. The molecule has 2 N–H and O–H groups in total. The van der Waals surface area contributed by atoms with Crippen LogP contribution < -0.4 is 5.32 Å². The summed E-state index contributed by atoms with van der Waals surface area (Å²) in [6, 6.07) is 0. The number of carboxylic acid groups (broad SMARTS) is 1. The molecule has 0 aromatic carbocycles. The van der Waals surface area contributed by atoms with E-state index < -0.39 is 12.1 Å². The van der Waals surface area contributed by atoms with E-state index in [1.165, 1.54) is 13.5 Å². The van der Waals surface area contributed by atoms with Gasteiger partial charge in [-0.2, -0.15) is 0 Å². The smallest absolute Gasteiger partial charge is 0.334 e. The van der Waals surface area contributed by atoms with Gasteiger partial charge in [0.25, 0.3) is 0 Å². The van der Waals surface area contributed by atoms with Crippen LogP contribution in [0.15, 0.2) is 11.6 Å². The number of hydrogen-bond donors (Lipinski definition) is 2. The van der Waals surface area contributed by atoms with Crippen LogP contribution in [0, 0.1) is 0 Å². The summed E-state index contributed by atoms with van der Waals surface area (Å²) < 4.78 is 4.72. The second-order valence-corrected chi connectivity index (χ2v) is 4.15. The van der Waals surface area contributed by atoms with E-state index in [-0.39, 0.29) is 12.5 Å². The van der Waals surface area contributed by atoms with Gasteiger partial charge in [-0.3, -0.25) is 4.79 Å². The highest BCUT2D eigenvalue weighted by Gasteiger charge is 2.17. The highest BCUT2D eigenvalue weighted by atomic mass is 16.5. The van der Waals surface area contributed by atoms with Crippen molar-refractivity contribution in [1.29, 1.82) is 0 Å². The standard InChI is InChI=1S/C12H19NO4/c1-17-10(12(15)16)8-13-11(14)7-9-5-3-2-4-6-9/h5,10H,2-4,6-8H2,1H3,(H,13,14)(H,15,16). The van der Waals surface area contributed by atoms with Crippen molar-refractivity contribution in [1.82, 2.24) is 5.32 Å². The molecule has 0 bridgehead atoms. The molecular weight excluding hydrogens is 222 g/mol. The van der Waals surface area contributed by atoms with Gasteiger partial charge in [-0.05, 0) is 25.7 Å². The molecule has 1 aliphatic carbocycles. The predicted molar refractivity (Wildman–Crippen MR) is 62.6 cm³/mol. The molecule has 0 heterocycles. The van der Waals surface area contributed by atoms with Crippen LogP contribution in [-0.4, -0.2) is 36.7 Å². The van der Waals surface area contributed by atoms with Gasteiger partial charge in [-0.1, -0.05) is 11.6 Å². The lowest BCUT2D eigenvalue weighted by Crippen LogP contribution is -2.37. The van der Waals surface area contributed by atoms with Gasteiger partial charge >= 0.3 is 5.97 Å². The van der Waals surface area contributed by atoms with Gasteiger partial charge in [0, 0.05) is 13.5 Å². The van der Waals surface area contributed by atoms with E-state index in [0.29, 0.717) is 6.42 Å². The number of allylic oxidation sites excluding steroid dienone is 1. The van der Waals surface area contributed by atoms with Gasteiger partial charge in [0.05, 0.1) is 6.54 Å². The van der Waals surface area contributed by atoms with Crippen LogP contribution in [0.25, 0.3) is 0 Å². The van der Waals surface area contributed by atoms with Gasteiger partial charge in [-0.25, -0.2) is 4.79 Å². The van der Waals surface area contributed by atoms with E-state index >= 15 is 0 Å². The average molecular weight is 241 g/mol. The Morgan fingerprint density at radius 1 is 1.53 bits per heavy atom. The third-order valence-electron chi connectivity index (χ3n) is 2.82. The summed E-state index contributed by atoms with van der Waals surface area (Å²) in [5.74, 6) is -1.20. The average Bonchev–Trinajstić information content (AvgIpc) is 2.30. The molecule has 17 heavy (non-hydrogen) atoms. The first-order valence-electron chi connectivity index (χ1n) is 5.83. The summed E-state index contributed by atoms with van der Waals surface area (Å²) >= 11 is 0. The number of nitrogens with one attached hydrogen (secondary N) is 1. The lowest BCUT2D eigenvalue weighted by Gasteiger charge is -2.14. The molecule has 5 heteroatoms. The predicted octanol–water partition coefficient (Wildman–Crippen LogP) is 1.09. The van der Waals surface area contributed by atoms with Crippen LogP contribution in [-0.2, 0) is 14.3 Å². The van der Waals surface area contributed by atoms with Crippen molar-refractivity contribution in [3.63, 3.8) is 0 Å². The van der Waals surface area contributed by atoms with Crippen molar-refractivity contribution in [3.8, 4) is 0 Å². The summed E-state index contributed by atoms with van der Waals surface area (Å²) in [5, 5.41) is 11.3. The molecule has 0 aromatic rings. The van der Waals surface area contributed by atoms with E-state index in [2.05, 4.69) is 11.4 Å². The van der Waals surface area contributed by atoms with Crippen molar-refractivity contribution in [2.24, 2.45) is 0 Å². The molecule has 0 aromatic heterocycles. The molecule has 1 unspecified atom stereocenters. The van der Waals surface area contributed by atoms with Gasteiger partial charge < -0.3 is 15.2 Å². The summed E-state index contributed by atoms with van der Waals surface area (Å²) in [5.41, 5.74) is 1.15. The Morgan fingerprint density at radius 2 is 2.29 bits per heavy atom. The van der Waals surface area contributed by atoms with E-state index in [0.717, 1.165) is 24.8 Å². The number of rotatable bonds is 6. The molecule has 1 aliphatic rings. The zero-order chi connectivity index (χ0) is 12.7. The molecule has 1 amide bonds. The third-order valence-corrected chi connectivity index (χ3v) is 2.82. The third kappa shape index (κ3) is 4.99. The Morgan fingerprint density at radius 3 is 2.82 bits per heavy atom. The number of carboxylic acids is 1. The van der Waals surface area contributed by atoms with Crippen molar-refractivity contribution in [2.45, 2.75) is 38.2 Å². The maximum Gasteiger partial charge on any atom is 0.334 e. The summed E-state index contributed by atoms with van der Waals surface area (Å²) in [4.78, 5) is 22.2. The fraction of sp³-hybridized carbons (Fsp3) is 0.667. The molecule has 1 atom stereocenters. The van der Waals surface area contributed by atoms with Crippen LogP contribution in [0.5, 0.6) is 0 Å². The number of amides is 1. The molecule has 96 valence electrons. The van der Waals surface area contributed by atoms with Crippen LogP contribution in [0.1, 0.15) is 32.1 Å². The Bertz CT molecular complexity index is 312. The van der Waals surface area contributed by atoms with Crippen molar-refractivity contribution in [3.05, 3.63) is 11.6 Å². The molecule has 0 aliphatic heterocycles. The number of methoxy groups -OCH3 is 1. The van der Waals surface area contributed by atoms with Crippen molar-refractivity contribution >= 4 is 11.9 Å². The van der Waals surface area contributed by atoms with Crippen molar-refractivity contribution < 1.29 is 19.4 Å². The quantitative estimate of drug-likeness (QED) is 0.683. The highest BCUT2D eigenvalue weighted by Crippen LogP contribution is 2.19. The van der Waals surface area contributed by atoms with Crippen LogP contribution >= 0.6 is 0 Å². The number of aliphatic carboxylic acids is 1. The van der Waals surface area contributed by atoms with E-state index in [9.17, 15) is 9.59 Å². The SMILES string of the molecule is COC(CNC(=O)CC1=CCCCC1)C(=O)O. The van der Waals surface area contributed by atoms with Gasteiger partial charge in [0.2, 0.25) is 5.91 Å². The Labute approximate surface area is 101 Å². The molecule has 0 saturated heterocycles. The zero-order valence-corrected chi connectivity index (χ0v) is 10.1. The van der Waals surface area contributed by atoms with E-state index in [1.807, 2.05) is 0 Å². The maximum atomic E-state index is 11.6. The van der Waals surface area contributed by atoms with Crippen LogP contribution in [0.4, 0.5) is 0 Å². The second kappa shape index (κ2) is 7.06.